The summed E-state index contributed by atoms with van der Waals surface area (Å²) < 4.78 is 37.9. The highest BCUT2D eigenvalue weighted by molar-refractivity contribution is 5.29. The van der Waals surface area contributed by atoms with E-state index >= 15 is 0 Å². The van der Waals surface area contributed by atoms with E-state index in [1.165, 1.54) is 199 Å². The summed E-state index contributed by atoms with van der Waals surface area (Å²) in [5.74, 6) is 16.6. The van der Waals surface area contributed by atoms with Gasteiger partial charge in [-0.3, -0.25) is 0 Å². The molecule has 8 nitrogen and oxygen atoms in total. The first kappa shape index (κ1) is 86.2. The zero-order chi connectivity index (χ0) is 78.1. The van der Waals surface area contributed by atoms with E-state index in [-0.39, 0.29) is 50.2 Å². The molecular weight excluding hydrogens is 1350 g/mol. The first-order valence-electron chi connectivity index (χ1n) is 48.2. The van der Waals surface area contributed by atoms with Crippen molar-refractivity contribution in [1.82, 2.24) is 0 Å². The van der Waals surface area contributed by atoms with E-state index in [1.54, 1.807) is 16.7 Å². The summed E-state index contributed by atoms with van der Waals surface area (Å²) in [6.07, 6.45) is 67.2. The molecular formula is C102H170O8. The van der Waals surface area contributed by atoms with E-state index in [1.807, 2.05) is 12.2 Å². The summed E-state index contributed by atoms with van der Waals surface area (Å²) in [7, 11) is 0. The molecule has 1 saturated heterocycles. The van der Waals surface area contributed by atoms with Crippen molar-refractivity contribution in [3.63, 3.8) is 0 Å². The van der Waals surface area contributed by atoms with Gasteiger partial charge in [0, 0.05) is 25.0 Å². The molecule has 0 radical (unpaired) electrons. The molecule has 110 heavy (non-hydrogen) atoms. The zero-order valence-corrected chi connectivity index (χ0v) is 74.0. The van der Waals surface area contributed by atoms with Crippen molar-refractivity contribution in [2.75, 3.05) is 19.8 Å². The highest BCUT2D eigenvalue weighted by atomic mass is 16.7. The van der Waals surface area contributed by atoms with E-state index < -0.39 is 0 Å². The number of fused-ring (bicyclic) bond motifs is 15. The van der Waals surface area contributed by atoms with E-state index in [0.717, 1.165) is 152 Å². The number of allylic oxidation sites excluding steroid dienone is 3. The molecule has 10 fully saturated rings. The van der Waals surface area contributed by atoms with Crippen molar-refractivity contribution in [3.8, 4) is 0 Å². The fourth-order valence-electron chi connectivity index (χ4n) is 30.3. The second-order valence-electron chi connectivity index (χ2n) is 44.1. The molecule has 15 aliphatic rings. The van der Waals surface area contributed by atoms with E-state index in [0.29, 0.717) is 63.1 Å². The van der Waals surface area contributed by atoms with Crippen LogP contribution in [-0.4, -0.2) is 79.4 Å². The van der Waals surface area contributed by atoms with Crippen LogP contribution in [0.5, 0.6) is 0 Å². The topological polar surface area (TPSA) is 95.8 Å². The smallest absolute Gasteiger partial charge is 0.177 e. The summed E-state index contributed by atoms with van der Waals surface area (Å²) in [6, 6.07) is 0. The molecule has 3 aliphatic heterocycles. The fraction of sp³-hybridized carbons (Fsp3) is 0.902. The van der Waals surface area contributed by atoms with E-state index in [2.05, 4.69) is 148 Å². The molecule has 9 saturated carbocycles. The van der Waals surface area contributed by atoms with Crippen LogP contribution in [0.4, 0.5) is 0 Å². The number of rotatable bonds is 25. The van der Waals surface area contributed by atoms with Crippen molar-refractivity contribution in [2.24, 2.45) is 151 Å². The SMILES string of the molecule is CC(C)CCCC(C)[C@H]1CCC2C3CC=C4C[C@@H](OC5C=C[C@H](CO)[C@@H](CCO)O5)CC[C@]4(C)C3CC[C@@]21C.CC(C)CCCC(C)[C@H]1CCC2C3CC=C4C[C@@H](OC5CCCCO5)CC[C@]4(C)C3CC[C@@]21C.CC[C@H]1OC(O[C@H]2CC[C@@]3(C)C(=CCC4C3CC[C@@]3(C)C4CC[C@@H]3C(C)CCCC(C)C)C2)C=C[C@@H]1C. The van der Waals surface area contributed by atoms with Crippen molar-refractivity contribution in [3.05, 3.63) is 59.3 Å². The van der Waals surface area contributed by atoms with Crippen LogP contribution in [0.2, 0.25) is 0 Å². The Kier molecular flexibility index (Phi) is 29.0. The van der Waals surface area contributed by atoms with E-state index in [9.17, 15) is 10.2 Å². The summed E-state index contributed by atoms with van der Waals surface area (Å²) >= 11 is 0. The Labute approximate surface area is 675 Å². The van der Waals surface area contributed by atoms with Gasteiger partial charge < -0.3 is 38.6 Å². The predicted molar refractivity (Wildman–Crippen MR) is 455 cm³/mol. The number of hydrogen-bond acceptors (Lipinski definition) is 8. The van der Waals surface area contributed by atoms with Crippen LogP contribution in [0.15, 0.2) is 59.3 Å². The second-order valence-corrected chi connectivity index (χ2v) is 44.1. The van der Waals surface area contributed by atoms with Crippen LogP contribution in [-0.2, 0) is 28.4 Å². The fourth-order valence-corrected chi connectivity index (χ4v) is 30.3. The van der Waals surface area contributed by atoms with Gasteiger partial charge in [-0.25, -0.2) is 0 Å². The first-order valence-corrected chi connectivity index (χ1v) is 48.2. The first-order chi connectivity index (χ1) is 52.7. The van der Waals surface area contributed by atoms with Gasteiger partial charge in [0.15, 0.2) is 18.9 Å². The third-order valence-electron chi connectivity index (χ3n) is 36.7. The largest absolute Gasteiger partial charge is 0.396 e. The van der Waals surface area contributed by atoms with E-state index in [4.69, 9.17) is 28.4 Å². The number of aliphatic hydroxyl groups is 2. The van der Waals surface area contributed by atoms with Crippen molar-refractivity contribution in [1.29, 1.82) is 0 Å². The summed E-state index contributed by atoms with van der Waals surface area (Å²) in [5, 5.41) is 19.1. The molecule has 0 amide bonds. The molecule has 2 N–H and O–H groups in total. The molecule has 12 aliphatic carbocycles. The summed E-state index contributed by atoms with van der Waals surface area (Å²) in [4.78, 5) is 0. The minimum absolute atomic E-state index is 0.0446. The monoisotopic (exact) mass is 1520 g/mol. The summed E-state index contributed by atoms with van der Waals surface area (Å²) in [5.41, 5.74) is 8.01. The predicted octanol–water partition coefficient (Wildman–Crippen LogP) is 26.4. The van der Waals surface area contributed by atoms with Crippen LogP contribution in [0.3, 0.4) is 0 Å². The molecule has 15 unspecified atom stereocenters. The third kappa shape index (κ3) is 18.1. The Morgan fingerprint density at radius 3 is 1.18 bits per heavy atom. The zero-order valence-electron chi connectivity index (χ0n) is 74.0. The lowest BCUT2D eigenvalue weighted by Crippen LogP contribution is -2.51. The molecule has 626 valence electrons. The Hall–Kier alpha value is -1.62. The standard InChI is InChI=1S/C35H58O4.C35H58O2.C32H54O2/c1-23(2)7-6-8-24(3)29-12-13-30-28-11-10-26-21-27(15-18-34(26,4)31(28)16-19-35(29,30)5)38-33-14-9-25(22-37)32(39-33)17-20-36;1-8-32-25(5)12-17-33(37-32)36-27-18-20-34(6)26(22-27)13-14-28-30-16-15-29(24(4)11-9-10-23(2)3)35(30,7)21-19-31(28)34;1-22(2)9-8-10-23(3)27-14-15-28-26-13-12-24-21-25(34-30-11-6-7-20-33-30)16-18-31(24,4)29(26)17-19-32(27,28)5/h9-10,14,23-25,27-33,36-37H,6-8,11-13,15-22H2,1-5H3;12-13,17,23-25,27-33H,8-11,14-16,18-22H2,1-7H3;12,22-23,25-30H,6-11,13-21H2,1-5H3/t24?,25-,27+,28?,29-,30?,31?,32-,33?,34+,35-;24?,25-,27-,28?,29+,30?,31?,32+,33?,34-,35+;23?,25-,26?,27+,28?,29?,30?,31-,32+/m100/s1. The molecule has 0 aromatic heterocycles. The van der Waals surface area contributed by atoms with Gasteiger partial charge in [0.1, 0.15) is 0 Å². The van der Waals surface area contributed by atoms with Gasteiger partial charge in [-0.2, -0.15) is 0 Å². The van der Waals surface area contributed by atoms with Gasteiger partial charge >= 0.3 is 0 Å². The Balaban J connectivity index is 0.000000145. The molecule has 0 spiro atoms. The number of aliphatic hydroxyl groups excluding tert-OH is 2. The van der Waals surface area contributed by atoms with Crippen LogP contribution in [0.25, 0.3) is 0 Å². The van der Waals surface area contributed by atoms with Crippen LogP contribution in [0, 0.1) is 151 Å². The van der Waals surface area contributed by atoms with Crippen LogP contribution >= 0.6 is 0 Å². The lowest BCUT2D eigenvalue weighted by atomic mass is 9.47. The normalized spacial score (nSPS) is 45.3. The van der Waals surface area contributed by atoms with Gasteiger partial charge in [0.25, 0.3) is 0 Å². The lowest BCUT2D eigenvalue weighted by Gasteiger charge is -2.58. The van der Waals surface area contributed by atoms with Gasteiger partial charge in [-0.1, -0.05) is 223 Å². The average Bonchev–Trinajstić information content (AvgIpc) is 1.46. The lowest BCUT2D eigenvalue weighted by molar-refractivity contribution is -0.195. The van der Waals surface area contributed by atoms with Crippen molar-refractivity contribution >= 4 is 0 Å². The molecule has 31 atom stereocenters. The van der Waals surface area contributed by atoms with Crippen molar-refractivity contribution < 1.29 is 38.6 Å². The Bertz CT molecular complexity index is 3080. The van der Waals surface area contributed by atoms with Gasteiger partial charge in [-0.05, 0) is 337 Å². The van der Waals surface area contributed by atoms with Gasteiger partial charge in [-0.15, -0.1) is 0 Å². The maximum Gasteiger partial charge on any atom is 0.177 e. The molecule has 8 heteroatoms. The maximum atomic E-state index is 9.65. The van der Waals surface area contributed by atoms with Crippen molar-refractivity contribution in [2.45, 2.75) is 411 Å². The van der Waals surface area contributed by atoms with Gasteiger partial charge in [0.05, 0.1) is 37.1 Å². The number of ether oxygens (including phenoxy) is 6. The highest BCUT2D eigenvalue weighted by Crippen LogP contribution is 2.71. The Morgan fingerprint density at radius 1 is 0.427 bits per heavy atom. The van der Waals surface area contributed by atoms with Crippen LogP contribution in [0.1, 0.15) is 362 Å². The number of hydrogen-bond donors (Lipinski definition) is 2. The average molecular weight is 1520 g/mol. The Morgan fingerprint density at radius 2 is 0.818 bits per heavy atom. The summed E-state index contributed by atoms with van der Waals surface area (Å²) in [6.45, 7) is 43.5. The van der Waals surface area contributed by atoms with Gasteiger partial charge in [0.2, 0.25) is 0 Å². The molecule has 0 aromatic rings. The molecule has 0 bridgehead atoms. The second kappa shape index (κ2) is 36.9. The molecule has 3 heterocycles. The molecule has 15 rings (SSSR count). The third-order valence-corrected chi connectivity index (χ3v) is 36.7. The maximum absolute atomic E-state index is 9.65. The minimum atomic E-state index is -0.371. The minimum Gasteiger partial charge on any atom is -0.396 e. The van der Waals surface area contributed by atoms with Crippen LogP contribution < -0.4 is 0 Å². The highest BCUT2D eigenvalue weighted by Gasteiger charge is 2.63. The molecule has 0 aromatic carbocycles. The quantitative estimate of drug-likeness (QED) is 0.0873.